The van der Waals surface area contributed by atoms with Crippen LogP contribution < -0.4 is 14.2 Å². The van der Waals surface area contributed by atoms with E-state index in [2.05, 4.69) is 31.9 Å². The molecule has 1 unspecified atom stereocenters. The highest BCUT2D eigenvalue weighted by Gasteiger charge is 2.32. The molecule has 7 heteroatoms. The fourth-order valence-corrected chi connectivity index (χ4v) is 4.46. The molecule has 0 bridgehead atoms. The van der Waals surface area contributed by atoms with Gasteiger partial charge in [-0.2, -0.15) is 0 Å². The molecule has 144 valence electrons. The van der Waals surface area contributed by atoms with Gasteiger partial charge in [0, 0.05) is 16.6 Å². The molecule has 0 saturated carbocycles. The lowest BCUT2D eigenvalue weighted by Crippen LogP contribution is -2.34. The van der Waals surface area contributed by atoms with E-state index in [4.69, 9.17) is 14.2 Å². The van der Waals surface area contributed by atoms with E-state index >= 15 is 0 Å². The Morgan fingerprint density at radius 2 is 1.89 bits per heavy atom. The van der Waals surface area contributed by atoms with Crippen LogP contribution in [-0.4, -0.2) is 38.2 Å². The predicted molar refractivity (Wildman–Crippen MR) is 111 cm³/mol. The molecule has 0 aliphatic carbocycles. The fraction of sp³-hybridized carbons (Fsp3) is 0.350. The van der Waals surface area contributed by atoms with Crippen molar-refractivity contribution in [2.75, 3.05) is 27.4 Å². The average molecular weight is 499 g/mol. The van der Waals surface area contributed by atoms with Gasteiger partial charge in [0.25, 0.3) is 5.91 Å². The average Bonchev–Trinajstić information content (AvgIpc) is 3.16. The molecule has 1 aliphatic rings. The maximum absolute atomic E-state index is 12.8. The van der Waals surface area contributed by atoms with Crippen LogP contribution in [0.1, 0.15) is 24.4 Å². The third-order valence-electron chi connectivity index (χ3n) is 4.61. The van der Waals surface area contributed by atoms with E-state index < -0.39 is 0 Å². The number of benzene rings is 2. The summed E-state index contributed by atoms with van der Waals surface area (Å²) in [5.74, 6) is 2.11. The molecule has 1 amide bonds. The Labute approximate surface area is 175 Å². The Morgan fingerprint density at radius 3 is 2.59 bits per heavy atom. The van der Waals surface area contributed by atoms with E-state index in [1.165, 1.54) is 0 Å². The largest absolute Gasteiger partial charge is 0.497 e. The molecule has 1 atom stereocenters. The van der Waals surface area contributed by atoms with Crippen LogP contribution >= 0.6 is 31.9 Å². The third-order valence-corrected chi connectivity index (χ3v) is 5.73. The number of halogens is 2. The van der Waals surface area contributed by atoms with Crippen LogP contribution in [-0.2, 0) is 4.79 Å². The van der Waals surface area contributed by atoms with Crippen LogP contribution in [0.25, 0.3) is 0 Å². The van der Waals surface area contributed by atoms with Crippen molar-refractivity contribution in [3.63, 3.8) is 0 Å². The summed E-state index contributed by atoms with van der Waals surface area (Å²) in [6, 6.07) is 11.2. The van der Waals surface area contributed by atoms with Gasteiger partial charge < -0.3 is 19.1 Å². The summed E-state index contributed by atoms with van der Waals surface area (Å²) in [6.45, 7) is 0.692. The van der Waals surface area contributed by atoms with Crippen LogP contribution in [0.5, 0.6) is 17.2 Å². The monoisotopic (exact) mass is 497 g/mol. The van der Waals surface area contributed by atoms with E-state index in [-0.39, 0.29) is 18.6 Å². The van der Waals surface area contributed by atoms with Gasteiger partial charge in [-0.1, -0.05) is 15.9 Å². The number of methoxy groups -OCH3 is 2. The quantitative estimate of drug-likeness (QED) is 0.564. The Bertz CT molecular complexity index is 828. The molecule has 5 nitrogen and oxygen atoms in total. The van der Waals surface area contributed by atoms with Crippen molar-refractivity contribution in [3.8, 4) is 17.2 Å². The molecular formula is C20H21Br2NO4. The van der Waals surface area contributed by atoms with Gasteiger partial charge in [0.15, 0.2) is 6.61 Å². The number of carbonyl (C=O) groups is 1. The minimum atomic E-state index is -0.0443. The van der Waals surface area contributed by atoms with Crippen LogP contribution in [0.15, 0.2) is 45.3 Å². The second-order valence-corrected chi connectivity index (χ2v) is 7.99. The summed E-state index contributed by atoms with van der Waals surface area (Å²) in [5.41, 5.74) is 0.965. The molecule has 0 N–H and O–H groups in total. The Kier molecular flexibility index (Phi) is 6.65. The van der Waals surface area contributed by atoms with E-state index in [1.807, 2.05) is 41.3 Å². The number of nitrogens with zero attached hydrogens (tertiary/aromatic N) is 1. The van der Waals surface area contributed by atoms with Crippen LogP contribution in [0.3, 0.4) is 0 Å². The number of likely N-dealkylation sites (tertiary alicyclic amines) is 1. The lowest BCUT2D eigenvalue weighted by atomic mass is 10.0. The van der Waals surface area contributed by atoms with Gasteiger partial charge in [-0.3, -0.25) is 4.79 Å². The van der Waals surface area contributed by atoms with Crippen molar-refractivity contribution in [2.45, 2.75) is 18.9 Å². The van der Waals surface area contributed by atoms with Gasteiger partial charge >= 0.3 is 0 Å². The molecule has 0 aromatic heterocycles. The van der Waals surface area contributed by atoms with Crippen molar-refractivity contribution in [3.05, 3.63) is 50.9 Å². The van der Waals surface area contributed by atoms with Crippen molar-refractivity contribution >= 4 is 37.8 Å². The fourth-order valence-electron chi connectivity index (χ4n) is 3.30. The van der Waals surface area contributed by atoms with Gasteiger partial charge in [-0.05, 0) is 65.2 Å². The van der Waals surface area contributed by atoms with Gasteiger partial charge in [0.05, 0.1) is 24.7 Å². The first-order chi connectivity index (χ1) is 13.0. The van der Waals surface area contributed by atoms with Crippen LogP contribution in [0.2, 0.25) is 0 Å². The summed E-state index contributed by atoms with van der Waals surface area (Å²) in [4.78, 5) is 14.7. The Balaban J connectivity index is 1.75. The number of rotatable bonds is 6. The van der Waals surface area contributed by atoms with E-state index in [1.54, 1.807) is 14.2 Å². The number of amides is 1. The summed E-state index contributed by atoms with van der Waals surface area (Å²) in [6.07, 6.45) is 1.83. The van der Waals surface area contributed by atoms with E-state index in [9.17, 15) is 4.79 Å². The van der Waals surface area contributed by atoms with E-state index in [0.29, 0.717) is 12.3 Å². The second-order valence-electron chi connectivity index (χ2n) is 6.22. The highest BCUT2D eigenvalue weighted by atomic mass is 79.9. The van der Waals surface area contributed by atoms with Crippen LogP contribution in [0, 0.1) is 0 Å². The summed E-state index contributed by atoms with van der Waals surface area (Å²) in [7, 11) is 3.27. The zero-order valence-electron chi connectivity index (χ0n) is 15.2. The zero-order valence-corrected chi connectivity index (χ0v) is 18.4. The minimum absolute atomic E-state index is 0.0109. The van der Waals surface area contributed by atoms with Crippen molar-refractivity contribution in [1.29, 1.82) is 0 Å². The first kappa shape index (κ1) is 20.0. The number of ether oxygens (including phenoxy) is 3. The van der Waals surface area contributed by atoms with Crippen molar-refractivity contribution in [1.82, 2.24) is 4.90 Å². The molecule has 0 spiro atoms. The van der Waals surface area contributed by atoms with Gasteiger partial charge in [-0.15, -0.1) is 0 Å². The first-order valence-electron chi connectivity index (χ1n) is 8.62. The molecule has 2 aromatic rings. The summed E-state index contributed by atoms with van der Waals surface area (Å²) >= 11 is 6.86. The topological polar surface area (TPSA) is 48.0 Å². The Hall–Kier alpha value is -1.73. The maximum atomic E-state index is 12.8. The minimum Gasteiger partial charge on any atom is -0.497 e. The van der Waals surface area contributed by atoms with Gasteiger partial charge in [0.2, 0.25) is 0 Å². The third kappa shape index (κ3) is 4.58. The smallest absolute Gasteiger partial charge is 0.261 e. The molecule has 1 fully saturated rings. The molecule has 1 aliphatic heterocycles. The number of hydrogen-bond acceptors (Lipinski definition) is 4. The van der Waals surface area contributed by atoms with Crippen LogP contribution in [0.4, 0.5) is 0 Å². The molecule has 0 radical (unpaired) electrons. The first-order valence-corrected chi connectivity index (χ1v) is 10.2. The zero-order chi connectivity index (χ0) is 19.4. The molecule has 3 rings (SSSR count). The maximum Gasteiger partial charge on any atom is 0.261 e. The second kappa shape index (κ2) is 8.97. The highest BCUT2D eigenvalue weighted by Crippen LogP contribution is 2.39. The number of hydrogen-bond donors (Lipinski definition) is 0. The molecule has 1 heterocycles. The predicted octanol–water partition coefficient (Wildman–Crippen LogP) is 4.97. The lowest BCUT2D eigenvalue weighted by Gasteiger charge is -2.26. The normalized spacial score (nSPS) is 16.3. The highest BCUT2D eigenvalue weighted by molar-refractivity contribution is 9.11. The molecule has 27 heavy (non-hydrogen) atoms. The van der Waals surface area contributed by atoms with Crippen molar-refractivity contribution in [2.24, 2.45) is 0 Å². The molecular weight excluding hydrogens is 478 g/mol. The molecule has 2 aromatic carbocycles. The summed E-state index contributed by atoms with van der Waals surface area (Å²) < 4.78 is 18.3. The summed E-state index contributed by atoms with van der Waals surface area (Å²) in [5, 5.41) is 0. The lowest BCUT2D eigenvalue weighted by molar-refractivity contribution is -0.134. The van der Waals surface area contributed by atoms with Gasteiger partial charge in [0.1, 0.15) is 17.2 Å². The Morgan fingerprint density at radius 1 is 1.11 bits per heavy atom. The van der Waals surface area contributed by atoms with Crippen molar-refractivity contribution < 1.29 is 19.0 Å². The van der Waals surface area contributed by atoms with E-state index in [0.717, 1.165) is 38.8 Å². The number of carbonyl (C=O) groups excluding carboxylic acids is 1. The molecule has 1 saturated heterocycles. The van der Waals surface area contributed by atoms with Gasteiger partial charge in [-0.25, -0.2) is 0 Å². The standard InChI is InChI=1S/C20H21Br2NO4/c1-25-14-6-8-18(26-2)15(11-14)17-4-3-9-23(17)20(24)12-27-19-7-5-13(21)10-16(19)22/h5-8,10-11,17H,3-4,9,12H2,1-2H3. The SMILES string of the molecule is COc1ccc(OC)c(C2CCCN2C(=O)COc2ccc(Br)cc2Br)c1.